The van der Waals surface area contributed by atoms with Crippen molar-refractivity contribution in [1.82, 2.24) is 10.6 Å². The van der Waals surface area contributed by atoms with E-state index in [0.717, 1.165) is 10.3 Å². The van der Waals surface area contributed by atoms with Crippen molar-refractivity contribution in [1.29, 1.82) is 0 Å². The van der Waals surface area contributed by atoms with E-state index in [-0.39, 0.29) is 5.60 Å². The van der Waals surface area contributed by atoms with Crippen molar-refractivity contribution in [3.05, 3.63) is 35.2 Å². The van der Waals surface area contributed by atoms with Crippen LogP contribution in [0.25, 0.3) is 10.1 Å². The van der Waals surface area contributed by atoms with Gasteiger partial charge in [-0.1, -0.05) is 18.2 Å². The van der Waals surface area contributed by atoms with Gasteiger partial charge in [-0.15, -0.1) is 11.3 Å². The fourth-order valence-corrected chi connectivity index (χ4v) is 3.10. The minimum atomic E-state index is -0.568. The zero-order valence-electron chi connectivity index (χ0n) is 14.1. The maximum Gasteiger partial charge on any atom is 0.191 e. The Hall–Kier alpha value is -1.63. The third-order valence-electron chi connectivity index (χ3n) is 3.69. The summed E-state index contributed by atoms with van der Waals surface area (Å²) >= 11 is 1.62. The fraction of sp³-hybridized carbons (Fsp3) is 0.471. The summed E-state index contributed by atoms with van der Waals surface area (Å²) in [4.78, 5) is 5.12. The Morgan fingerprint density at radius 3 is 2.74 bits per heavy atom. The second-order valence-corrected chi connectivity index (χ2v) is 7.09. The highest BCUT2D eigenvalue weighted by Gasteiger charge is 2.17. The van der Waals surface area contributed by atoms with Crippen LogP contribution in [0.15, 0.2) is 35.3 Å². The van der Waals surface area contributed by atoms with Gasteiger partial charge in [0.1, 0.15) is 6.10 Å². The molecule has 23 heavy (non-hydrogen) atoms. The van der Waals surface area contributed by atoms with Gasteiger partial charge in [-0.05, 0) is 31.4 Å². The number of thiophene rings is 1. The molecule has 2 aromatic rings. The first kappa shape index (κ1) is 17.7. The highest BCUT2D eigenvalue weighted by atomic mass is 32.1. The molecule has 0 saturated heterocycles. The number of aliphatic hydroxyl groups is 1. The quantitative estimate of drug-likeness (QED) is 0.561. The van der Waals surface area contributed by atoms with Crippen LogP contribution in [0.4, 0.5) is 0 Å². The van der Waals surface area contributed by atoms with Gasteiger partial charge in [0.05, 0.1) is 5.60 Å². The SMILES string of the molecule is CN=C(NCC(O)c1cc2ccccc2s1)NCC(C)(C)OC. The van der Waals surface area contributed by atoms with Crippen molar-refractivity contribution >= 4 is 27.4 Å². The van der Waals surface area contributed by atoms with Gasteiger partial charge in [-0.25, -0.2) is 0 Å². The van der Waals surface area contributed by atoms with Crippen LogP contribution in [0.5, 0.6) is 0 Å². The monoisotopic (exact) mass is 335 g/mol. The summed E-state index contributed by atoms with van der Waals surface area (Å²) in [6.45, 7) is 5.03. The van der Waals surface area contributed by atoms with E-state index in [1.807, 2.05) is 32.0 Å². The molecule has 6 heteroatoms. The molecule has 2 rings (SSSR count). The highest BCUT2D eigenvalue weighted by Crippen LogP contribution is 2.29. The number of hydrogen-bond acceptors (Lipinski definition) is 4. The molecule has 0 bridgehead atoms. The minimum Gasteiger partial charge on any atom is -0.386 e. The molecular formula is C17H25N3O2S. The Morgan fingerprint density at radius 2 is 2.09 bits per heavy atom. The maximum absolute atomic E-state index is 10.4. The summed E-state index contributed by atoms with van der Waals surface area (Å²) < 4.78 is 6.55. The molecule has 126 valence electrons. The third-order valence-corrected chi connectivity index (χ3v) is 4.91. The van der Waals surface area contributed by atoms with Crippen molar-refractivity contribution in [3.8, 4) is 0 Å². The van der Waals surface area contributed by atoms with Crippen LogP contribution in [0.3, 0.4) is 0 Å². The second-order valence-electron chi connectivity index (χ2n) is 5.97. The molecule has 5 nitrogen and oxygen atoms in total. The number of nitrogens with one attached hydrogen (secondary N) is 2. The number of fused-ring (bicyclic) bond motifs is 1. The molecule has 0 spiro atoms. The smallest absolute Gasteiger partial charge is 0.191 e. The number of guanidine groups is 1. The standard InChI is InChI=1S/C17H25N3O2S/c1-17(2,22-4)11-20-16(18-3)19-10-13(21)15-9-12-7-5-6-8-14(12)23-15/h5-9,13,21H,10-11H2,1-4H3,(H2,18,19,20). The van der Waals surface area contributed by atoms with E-state index >= 15 is 0 Å². The predicted molar refractivity (Wildman–Crippen MR) is 97.2 cm³/mol. The molecular weight excluding hydrogens is 310 g/mol. The van der Waals surface area contributed by atoms with Crippen molar-refractivity contribution in [2.24, 2.45) is 4.99 Å². The molecule has 0 fully saturated rings. The van der Waals surface area contributed by atoms with E-state index in [2.05, 4.69) is 27.8 Å². The third kappa shape index (κ3) is 4.92. The van der Waals surface area contributed by atoms with E-state index < -0.39 is 6.10 Å². The van der Waals surface area contributed by atoms with Crippen LogP contribution in [0.1, 0.15) is 24.8 Å². The van der Waals surface area contributed by atoms with Crippen molar-refractivity contribution < 1.29 is 9.84 Å². The first-order valence-corrected chi connectivity index (χ1v) is 8.43. The summed E-state index contributed by atoms with van der Waals surface area (Å²) in [6, 6.07) is 10.2. The minimum absolute atomic E-state index is 0.276. The van der Waals surface area contributed by atoms with E-state index in [1.165, 1.54) is 4.70 Å². The Balaban J connectivity index is 1.90. The van der Waals surface area contributed by atoms with E-state index in [0.29, 0.717) is 19.0 Å². The largest absolute Gasteiger partial charge is 0.386 e. The van der Waals surface area contributed by atoms with Crippen LogP contribution in [-0.2, 0) is 4.74 Å². The second kappa shape index (κ2) is 7.77. The molecule has 0 saturated carbocycles. The van der Waals surface area contributed by atoms with Crippen LogP contribution in [0.2, 0.25) is 0 Å². The van der Waals surface area contributed by atoms with Gasteiger partial charge in [0.2, 0.25) is 0 Å². The molecule has 1 aromatic heterocycles. The number of aliphatic hydroxyl groups excluding tert-OH is 1. The average molecular weight is 335 g/mol. The zero-order valence-corrected chi connectivity index (χ0v) is 14.9. The summed E-state index contributed by atoms with van der Waals surface area (Å²) in [6.07, 6.45) is -0.568. The lowest BCUT2D eigenvalue weighted by molar-refractivity contribution is 0.0268. The first-order valence-electron chi connectivity index (χ1n) is 7.61. The number of benzene rings is 1. The van der Waals surface area contributed by atoms with Crippen LogP contribution >= 0.6 is 11.3 Å². The summed E-state index contributed by atoms with van der Waals surface area (Å²) in [7, 11) is 3.39. The van der Waals surface area contributed by atoms with E-state index in [9.17, 15) is 5.11 Å². The molecule has 0 aliphatic rings. The van der Waals surface area contributed by atoms with Crippen LogP contribution in [0, 0.1) is 0 Å². The number of methoxy groups -OCH3 is 1. The number of ether oxygens (including phenoxy) is 1. The average Bonchev–Trinajstić information content (AvgIpc) is 2.99. The fourth-order valence-electron chi connectivity index (χ4n) is 2.05. The topological polar surface area (TPSA) is 65.9 Å². The molecule has 1 heterocycles. The number of rotatable bonds is 6. The van der Waals surface area contributed by atoms with Gasteiger partial charge in [0.15, 0.2) is 5.96 Å². The Labute approximate surface area is 141 Å². The van der Waals surface area contributed by atoms with Gasteiger partial charge in [0, 0.05) is 36.8 Å². The lowest BCUT2D eigenvalue weighted by atomic mass is 10.1. The van der Waals surface area contributed by atoms with Crippen molar-refractivity contribution in [2.75, 3.05) is 27.2 Å². The molecule has 0 radical (unpaired) electrons. The van der Waals surface area contributed by atoms with Crippen molar-refractivity contribution in [2.45, 2.75) is 25.6 Å². The molecule has 0 aliphatic heterocycles. The van der Waals surface area contributed by atoms with Gasteiger partial charge >= 0.3 is 0 Å². The normalized spacial score (nSPS) is 14.0. The highest BCUT2D eigenvalue weighted by molar-refractivity contribution is 7.19. The molecule has 1 aromatic carbocycles. The van der Waals surface area contributed by atoms with Gasteiger partial charge in [-0.3, -0.25) is 4.99 Å². The van der Waals surface area contributed by atoms with Gasteiger partial charge in [-0.2, -0.15) is 0 Å². The van der Waals surface area contributed by atoms with E-state index in [1.54, 1.807) is 25.5 Å². The molecule has 1 unspecified atom stereocenters. The van der Waals surface area contributed by atoms with E-state index in [4.69, 9.17) is 4.74 Å². The number of aliphatic imine (C=N–C) groups is 1. The van der Waals surface area contributed by atoms with Crippen LogP contribution < -0.4 is 10.6 Å². The van der Waals surface area contributed by atoms with Crippen molar-refractivity contribution in [3.63, 3.8) is 0 Å². The van der Waals surface area contributed by atoms with Gasteiger partial charge < -0.3 is 20.5 Å². The van der Waals surface area contributed by atoms with Crippen LogP contribution in [-0.4, -0.2) is 43.9 Å². The molecule has 1 atom stereocenters. The number of hydrogen-bond donors (Lipinski definition) is 3. The summed E-state index contributed by atoms with van der Waals surface area (Å²) in [5, 5.41) is 17.9. The Kier molecular flexibility index (Phi) is 5.98. The Morgan fingerprint density at radius 1 is 1.35 bits per heavy atom. The lowest BCUT2D eigenvalue weighted by Gasteiger charge is -2.24. The van der Waals surface area contributed by atoms with Gasteiger partial charge in [0.25, 0.3) is 0 Å². The lowest BCUT2D eigenvalue weighted by Crippen LogP contribution is -2.46. The molecule has 0 aliphatic carbocycles. The first-order chi connectivity index (χ1) is 10.9. The number of nitrogens with zero attached hydrogens (tertiary/aromatic N) is 1. The molecule has 0 amide bonds. The predicted octanol–water partition coefficient (Wildman–Crippen LogP) is 2.52. The maximum atomic E-state index is 10.4. The molecule has 3 N–H and O–H groups in total. The summed E-state index contributed by atoms with van der Waals surface area (Å²) in [5.41, 5.74) is -0.276. The Bertz CT molecular complexity index is 634. The summed E-state index contributed by atoms with van der Waals surface area (Å²) in [5.74, 6) is 0.648. The zero-order chi connectivity index (χ0) is 16.9.